The summed E-state index contributed by atoms with van der Waals surface area (Å²) in [5.74, 6) is 3.46. The molecule has 1 aliphatic carbocycles. The predicted octanol–water partition coefficient (Wildman–Crippen LogP) is 3.09. The Hall–Kier alpha value is -2.61. The van der Waals surface area contributed by atoms with Crippen LogP contribution < -0.4 is 5.73 Å². The molecule has 3 heterocycles. The van der Waals surface area contributed by atoms with Gasteiger partial charge in [-0.3, -0.25) is 0 Å². The molecule has 2 aliphatic rings. The third-order valence-corrected chi connectivity index (χ3v) is 9.11. The second kappa shape index (κ2) is 9.21. The number of hydrogen-bond acceptors (Lipinski definition) is 7. The minimum atomic E-state index is -3.18. The Morgan fingerprint density at radius 1 is 1.24 bits per heavy atom. The third kappa shape index (κ3) is 4.52. The van der Waals surface area contributed by atoms with Gasteiger partial charge in [0.1, 0.15) is 6.33 Å². The quantitative estimate of drug-likeness (QED) is 0.523. The Morgan fingerprint density at radius 3 is 2.79 bits per heavy atom. The minimum Gasteiger partial charge on any atom is -0.382 e. The zero-order chi connectivity index (χ0) is 23.9. The molecule has 3 aromatic rings. The summed E-state index contributed by atoms with van der Waals surface area (Å²) in [4.78, 5) is 14.4. The average molecular weight is 497 g/mol. The summed E-state index contributed by atoms with van der Waals surface area (Å²) in [6.07, 6.45) is 14.6. The van der Waals surface area contributed by atoms with Crippen LogP contribution in [-0.2, 0) is 29.4 Å². The minimum absolute atomic E-state index is 0.277. The summed E-state index contributed by atoms with van der Waals surface area (Å²) in [5.41, 5.74) is 11.0. The van der Waals surface area contributed by atoms with Crippen LogP contribution in [0, 0.1) is 18.3 Å². The number of rotatable bonds is 6. The molecule has 2 aromatic heterocycles. The van der Waals surface area contributed by atoms with E-state index in [1.165, 1.54) is 35.5 Å². The first-order valence-electron chi connectivity index (χ1n) is 11.6. The molecular formula is C24H28N6O2S2. The maximum Gasteiger partial charge on any atom is 0.211 e. The highest BCUT2D eigenvalue weighted by molar-refractivity contribution is 7.99. The molecule has 1 unspecified atom stereocenters. The molecule has 0 spiro atoms. The Bertz CT molecular complexity index is 1390. The standard InChI is InChI=1S/C24H28N6O2S2/c1-3-17-12-18-7-4-8-19(18)13-20(17)33-24-28-21-22(25)26-15-27-23(21)30(24)11-9-16-6-5-10-29(14-16)34(2,31)32/h1,12-13,15-16H,4-11,14H2,2H3,(H2,25,26,27). The van der Waals surface area contributed by atoms with E-state index in [9.17, 15) is 8.42 Å². The number of fused-ring (bicyclic) bond motifs is 2. The lowest BCUT2D eigenvalue weighted by Gasteiger charge is -2.31. The van der Waals surface area contributed by atoms with E-state index in [1.807, 2.05) is 0 Å². The van der Waals surface area contributed by atoms with Crippen LogP contribution in [0.5, 0.6) is 0 Å². The smallest absolute Gasteiger partial charge is 0.211 e. The molecule has 2 N–H and O–H groups in total. The van der Waals surface area contributed by atoms with Gasteiger partial charge in [-0.2, -0.15) is 0 Å². The normalized spacial score (nSPS) is 18.8. The van der Waals surface area contributed by atoms with Gasteiger partial charge in [-0.15, -0.1) is 6.42 Å². The van der Waals surface area contributed by atoms with Gasteiger partial charge in [0.2, 0.25) is 10.0 Å². The number of sulfonamides is 1. The largest absolute Gasteiger partial charge is 0.382 e. The third-order valence-electron chi connectivity index (χ3n) is 6.79. The van der Waals surface area contributed by atoms with Gasteiger partial charge in [-0.05, 0) is 67.7 Å². The van der Waals surface area contributed by atoms with Gasteiger partial charge in [-0.25, -0.2) is 27.7 Å². The van der Waals surface area contributed by atoms with Crippen molar-refractivity contribution in [1.82, 2.24) is 23.8 Å². The summed E-state index contributed by atoms with van der Waals surface area (Å²) in [7, 11) is -3.18. The highest BCUT2D eigenvalue weighted by Crippen LogP contribution is 2.36. The van der Waals surface area contributed by atoms with Crippen molar-refractivity contribution in [3.8, 4) is 12.3 Å². The molecule has 5 rings (SSSR count). The molecule has 1 aliphatic heterocycles. The van der Waals surface area contributed by atoms with E-state index in [0.717, 1.165) is 54.1 Å². The molecule has 1 atom stereocenters. The lowest BCUT2D eigenvalue weighted by Crippen LogP contribution is -2.39. The summed E-state index contributed by atoms with van der Waals surface area (Å²) < 4.78 is 27.7. The predicted molar refractivity (Wildman–Crippen MR) is 134 cm³/mol. The first-order chi connectivity index (χ1) is 16.3. The maximum atomic E-state index is 12.0. The van der Waals surface area contributed by atoms with Crippen molar-refractivity contribution >= 4 is 38.8 Å². The lowest BCUT2D eigenvalue weighted by molar-refractivity contribution is 0.249. The van der Waals surface area contributed by atoms with Gasteiger partial charge < -0.3 is 10.3 Å². The Labute approximate surface area is 204 Å². The number of nitrogen functional groups attached to an aromatic ring is 1. The summed E-state index contributed by atoms with van der Waals surface area (Å²) in [5, 5.41) is 0.771. The molecule has 1 saturated heterocycles. The molecule has 1 fully saturated rings. The van der Waals surface area contributed by atoms with E-state index in [4.69, 9.17) is 17.1 Å². The number of terminal acetylenes is 1. The fourth-order valence-corrected chi connectivity index (χ4v) is 6.98. The summed E-state index contributed by atoms with van der Waals surface area (Å²) >= 11 is 1.54. The maximum absolute atomic E-state index is 12.0. The van der Waals surface area contributed by atoms with Crippen molar-refractivity contribution in [2.45, 2.75) is 55.1 Å². The van der Waals surface area contributed by atoms with Crippen LogP contribution in [0.15, 0.2) is 28.5 Å². The van der Waals surface area contributed by atoms with Crippen molar-refractivity contribution in [2.24, 2.45) is 5.92 Å². The fraction of sp³-hybridized carbons (Fsp3) is 0.458. The number of aryl methyl sites for hydroxylation is 3. The van der Waals surface area contributed by atoms with Gasteiger partial charge in [0.15, 0.2) is 22.1 Å². The Morgan fingerprint density at radius 2 is 2.03 bits per heavy atom. The molecule has 0 radical (unpaired) electrons. The van der Waals surface area contributed by atoms with Crippen LogP contribution in [0.2, 0.25) is 0 Å². The lowest BCUT2D eigenvalue weighted by atomic mass is 9.96. The van der Waals surface area contributed by atoms with Gasteiger partial charge in [0, 0.05) is 30.1 Å². The van der Waals surface area contributed by atoms with E-state index < -0.39 is 10.0 Å². The van der Waals surface area contributed by atoms with E-state index in [0.29, 0.717) is 36.6 Å². The molecule has 0 saturated carbocycles. The van der Waals surface area contributed by atoms with Crippen molar-refractivity contribution in [1.29, 1.82) is 0 Å². The molecule has 0 bridgehead atoms. The Kier molecular flexibility index (Phi) is 6.27. The van der Waals surface area contributed by atoms with Crippen LogP contribution in [0.3, 0.4) is 0 Å². The van der Waals surface area contributed by atoms with Gasteiger partial charge in [0.25, 0.3) is 0 Å². The highest BCUT2D eigenvalue weighted by atomic mass is 32.2. The molecular weight excluding hydrogens is 468 g/mol. The van der Waals surface area contributed by atoms with Crippen LogP contribution >= 0.6 is 11.8 Å². The number of anilines is 1. The monoisotopic (exact) mass is 496 g/mol. The van der Waals surface area contributed by atoms with Crippen LogP contribution in [0.25, 0.3) is 11.2 Å². The summed E-state index contributed by atoms with van der Waals surface area (Å²) in [6.45, 7) is 1.81. The molecule has 34 heavy (non-hydrogen) atoms. The topological polar surface area (TPSA) is 107 Å². The van der Waals surface area contributed by atoms with Crippen molar-refractivity contribution < 1.29 is 8.42 Å². The van der Waals surface area contributed by atoms with Crippen molar-refractivity contribution in [3.63, 3.8) is 0 Å². The first kappa shape index (κ1) is 23.1. The van der Waals surface area contributed by atoms with Crippen LogP contribution in [-0.4, -0.2) is 51.6 Å². The van der Waals surface area contributed by atoms with E-state index in [-0.39, 0.29) is 5.92 Å². The molecule has 1 aromatic carbocycles. The van der Waals surface area contributed by atoms with E-state index >= 15 is 0 Å². The number of piperidine rings is 1. The zero-order valence-electron chi connectivity index (χ0n) is 19.2. The van der Waals surface area contributed by atoms with E-state index in [1.54, 1.807) is 4.31 Å². The number of nitrogens with two attached hydrogens (primary N) is 1. The highest BCUT2D eigenvalue weighted by Gasteiger charge is 2.27. The molecule has 10 heteroatoms. The second-order valence-corrected chi connectivity index (χ2v) is 12.1. The number of benzene rings is 1. The molecule has 0 amide bonds. The van der Waals surface area contributed by atoms with E-state index in [2.05, 4.69) is 32.6 Å². The average Bonchev–Trinajstić information content (AvgIpc) is 3.41. The number of aromatic nitrogens is 4. The SMILES string of the molecule is C#Cc1cc2c(cc1Sc1nc3c(N)ncnc3n1CCC1CCCN(S(C)(=O)=O)C1)CCC2. The number of imidazole rings is 1. The second-order valence-electron chi connectivity index (χ2n) is 9.11. The summed E-state index contributed by atoms with van der Waals surface area (Å²) in [6, 6.07) is 4.33. The van der Waals surface area contributed by atoms with Gasteiger partial charge in [0.05, 0.1) is 6.26 Å². The Balaban J connectivity index is 1.46. The first-order valence-corrected chi connectivity index (χ1v) is 14.2. The van der Waals surface area contributed by atoms with Crippen LogP contribution in [0.1, 0.15) is 42.4 Å². The number of hydrogen-bond donors (Lipinski definition) is 1. The molecule has 8 nitrogen and oxygen atoms in total. The zero-order valence-corrected chi connectivity index (χ0v) is 20.8. The van der Waals surface area contributed by atoms with Crippen molar-refractivity contribution in [3.05, 3.63) is 35.2 Å². The van der Waals surface area contributed by atoms with Gasteiger partial charge in [-0.1, -0.05) is 17.7 Å². The van der Waals surface area contributed by atoms with Crippen molar-refractivity contribution in [2.75, 3.05) is 25.1 Å². The molecule has 178 valence electrons. The van der Waals surface area contributed by atoms with Gasteiger partial charge >= 0.3 is 0 Å². The van der Waals surface area contributed by atoms with Crippen LogP contribution in [0.4, 0.5) is 5.82 Å². The fourth-order valence-electron chi connectivity index (χ4n) is 4.99. The number of nitrogens with zero attached hydrogens (tertiary/aromatic N) is 5.